The van der Waals surface area contributed by atoms with E-state index in [1.54, 1.807) is 7.11 Å². The predicted octanol–water partition coefficient (Wildman–Crippen LogP) is 4.52. The van der Waals surface area contributed by atoms with E-state index in [1.165, 1.54) is 0 Å². The van der Waals surface area contributed by atoms with E-state index in [-0.39, 0.29) is 0 Å². The molecule has 0 bridgehead atoms. The van der Waals surface area contributed by atoms with Crippen LogP contribution in [0, 0.1) is 0 Å². The maximum Gasteiger partial charge on any atom is 0.256 e. The van der Waals surface area contributed by atoms with E-state index in [9.17, 15) is 0 Å². The van der Waals surface area contributed by atoms with E-state index >= 15 is 0 Å². The lowest BCUT2D eigenvalue weighted by atomic mass is 9.80. The van der Waals surface area contributed by atoms with Crippen molar-refractivity contribution in [2.45, 2.75) is 5.60 Å². The highest BCUT2D eigenvalue weighted by atomic mass is 32.1. The summed E-state index contributed by atoms with van der Waals surface area (Å²) in [7, 11) is 1.55. The Bertz CT molecular complexity index is 741. The van der Waals surface area contributed by atoms with Crippen LogP contribution >= 0.6 is 12.2 Å². The minimum Gasteiger partial charge on any atom is -0.474 e. The summed E-state index contributed by atoms with van der Waals surface area (Å²) in [6, 6.07) is 30.9. The van der Waals surface area contributed by atoms with E-state index < -0.39 is 5.60 Å². The number of nitrogens with one attached hydrogen (secondary N) is 1. The summed E-state index contributed by atoms with van der Waals surface area (Å²) in [5.74, 6) is 0. The van der Waals surface area contributed by atoms with Gasteiger partial charge in [-0.05, 0) is 28.9 Å². The number of methoxy groups -OCH3 is 1. The molecule has 0 unspecified atom stereocenters. The van der Waals surface area contributed by atoms with Gasteiger partial charge in [0.2, 0.25) is 0 Å². The highest BCUT2D eigenvalue weighted by Crippen LogP contribution is 2.40. The molecule has 0 aliphatic rings. The van der Waals surface area contributed by atoms with Crippen LogP contribution in [-0.4, -0.2) is 25.4 Å². The Balaban J connectivity index is 2.04. The molecule has 0 saturated carbocycles. The molecule has 3 nitrogen and oxygen atoms in total. The molecule has 3 aromatic carbocycles. The summed E-state index contributed by atoms with van der Waals surface area (Å²) in [5.41, 5.74) is 2.53. The zero-order valence-corrected chi connectivity index (χ0v) is 16.1. The van der Waals surface area contributed by atoms with Crippen LogP contribution in [0.2, 0.25) is 0 Å². The van der Waals surface area contributed by atoms with Crippen LogP contribution in [0.4, 0.5) is 0 Å². The van der Waals surface area contributed by atoms with Crippen molar-refractivity contribution in [3.63, 3.8) is 0 Å². The fourth-order valence-electron chi connectivity index (χ4n) is 3.20. The SMILES string of the molecule is COC(=S)NCCOC(c1ccccc1)(c1ccccc1)c1ccccc1. The third-order valence-corrected chi connectivity index (χ3v) is 4.73. The van der Waals surface area contributed by atoms with E-state index in [4.69, 9.17) is 21.7 Å². The highest BCUT2D eigenvalue weighted by Gasteiger charge is 2.37. The molecule has 0 aliphatic carbocycles. The monoisotopic (exact) mass is 377 g/mol. The van der Waals surface area contributed by atoms with Gasteiger partial charge in [0.1, 0.15) is 5.60 Å². The van der Waals surface area contributed by atoms with Crippen LogP contribution in [0.25, 0.3) is 0 Å². The normalized spacial score (nSPS) is 11.0. The van der Waals surface area contributed by atoms with Gasteiger partial charge in [-0.2, -0.15) is 0 Å². The first-order valence-electron chi connectivity index (χ1n) is 8.89. The Kier molecular flexibility index (Phi) is 6.58. The summed E-state index contributed by atoms with van der Waals surface area (Å²) in [6.07, 6.45) is 0. The van der Waals surface area contributed by atoms with Gasteiger partial charge in [-0.15, -0.1) is 0 Å². The molecule has 27 heavy (non-hydrogen) atoms. The largest absolute Gasteiger partial charge is 0.474 e. The topological polar surface area (TPSA) is 30.5 Å². The zero-order valence-electron chi connectivity index (χ0n) is 15.3. The van der Waals surface area contributed by atoms with Crippen molar-refractivity contribution in [1.29, 1.82) is 0 Å². The van der Waals surface area contributed by atoms with Crippen LogP contribution in [0.5, 0.6) is 0 Å². The van der Waals surface area contributed by atoms with Gasteiger partial charge in [-0.25, -0.2) is 0 Å². The van der Waals surface area contributed by atoms with E-state index in [0.29, 0.717) is 18.3 Å². The van der Waals surface area contributed by atoms with Crippen molar-refractivity contribution in [2.75, 3.05) is 20.3 Å². The summed E-state index contributed by atoms with van der Waals surface area (Å²) in [6.45, 7) is 1.02. The van der Waals surface area contributed by atoms with Gasteiger partial charge in [0.05, 0.1) is 13.7 Å². The zero-order chi connectivity index (χ0) is 19.0. The fourth-order valence-corrected chi connectivity index (χ4v) is 3.30. The lowest BCUT2D eigenvalue weighted by molar-refractivity contribution is 0.0160. The van der Waals surface area contributed by atoms with Gasteiger partial charge in [0, 0.05) is 6.54 Å². The molecule has 138 valence electrons. The lowest BCUT2D eigenvalue weighted by Crippen LogP contribution is -2.36. The fraction of sp³-hybridized carbons (Fsp3) is 0.174. The lowest BCUT2D eigenvalue weighted by Gasteiger charge is -2.36. The third-order valence-electron chi connectivity index (χ3n) is 4.42. The van der Waals surface area contributed by atoms with Gasteiger partial charge >= 0.3 is 0 Å². The number of hydrogen-bond acceptors (Lipinski definition) is 3. The Labute approximate surface area is 166 Å². The van der Waals surface area contributed by atoms with Crippen molar-refractivity contribution in [2.24, 2.45) is 0 Å². The number of benzene rings is 3. The minimum atomic E-state index is -0.708. The molecule has 4 heteroatoms. The number of rotatable bonds is 7. The smallest absolute Gasteiger partial charge is 0.256 e. The molecule has 0 amide bonds. The number of hydrogen-bond donors (Lipinski definition) is 1. The summed E-state index contributed by atoms with van der Waals surface area (Å²) >= 11 is 5.05. The molecule has 0 aromatic heterocycles. The molecule has 0 saturated heterocycles. The Morgan fingerprint density at radius 2 is 1.19 bits per heavy atom. The quantitative estimate of drug-likeness (QED) is 0.373. The maximum atomic E-state index is 6.61. The molecule has 0 spiro atoms. The first-order valence-corrected chi connectivity index (χ1v) is 9.30. The van der Waals surface area contributed by atoms with Crippen molar-refractivity contribution in [3.8, 4) is 0 Å². The average Bonchev–Trinajstić information content (AvgIpc) is 2.75. The Morgan fingerprint density at radius 1 is 0.778 bits per heavy atom. The summed E-state index contributed by atoms with van der Waals surface area (Å²) in [4.78, 5) is 0. The Hall–Kier alpha value is -2.69. The van der Waals surface area contributed by atoms with Crippen molar-refractivity contribution in [1.82, 2.24) is 5.32 Å². The molecular weight excluding hydrogens is 354 g/mol. The summed E-state index contributed by atoms with van der Waals surface area (Å²) in [5, 5.41) is 3.41. The molecule has 0 radical (unpaired) electrons. The molecule has 0 heterocycles. The van der Waals surface area contributed by atoms with Crippen molar-refractivity contribution < 1.29 is 9.47 Å². The first-order chi connectivity index (χ1) is 13.3. The second-order valence-electron chi connectivity index (χ2n) is 6.05. The number of thiocarbonyl (C=S) groups is 1. The molecule has 0 fully saturated rings. The average molecular weight is 378 g/mol. The van der Waals surface area contributed by atoms with Crippen LogP contribution in [0.1, 0.15) is 16.7 Å². The van der Waals surface area contributed by atoms with Gasteiger partial charge in [0.15, 0.2) is 0 Å². The van der Waals surface area contributed by atoms with Gasteiger partial charge in [-0.1, -0.05) is 91.0 Å². The minimum absolute atomic E-state index is 0.364. The molecule has 1 N–H and O–H groups in total. The molecule has 3 rings (SSSR count). The molecule has 0 aliphatic heterocycles. The second-order valence-corrected chi connectivity index (χ2v) is 6.42. The predicted molar refractivity (Wildman–Crippen MR) is 113 cm³/mol. The standard InChI is InChI=1S/C23H23NO2S/c1-25-22(27)24-17-18-26-23(19-11-5-2-6-12-19,20-13-7-3-8-14-20)21-15-9-4-10-16-21/h2-16H,17-18H2,1H3,(H,24,27). The van der Waals surface area contributed by atoms with E-state index in [1.807, 2.05) is 54.6 Å². The van der Waals surface area contributed by atoms with Gasteiger partial charge in [0.25, 0.3) is 5.17 Å². The molecule has 0 atom stereocenters. The highest BCUT2D eigenvalue weighted by molar-refractivity contribution is 7.80. The van der Waals surface area contributed by atoms with Crippen molar-refractivity contribution >= 4 is 17.4 Å². The maximum absolute atomic E-state index is 6.61. The van der Waals surface area contributed by atoms with Crippen LogP contribution < -0.4 is 5.32 Å². The molecule has 3 aromatic rings. The third kappa shape index (κ3) is 4.35. The van der Waals surface area contributed by atoms with Gasteiger partial charge in [-0.3, -0.25) is 0 Å². The van der Waals surface area contributed by atoms with Gasteiger partial charge < -0.3 is 14.8 Å². The molecular formula is C23H23NO2S. The van der Waals surface area contributed by atoms with Crippen LogP contribution in [-0.2, 0) is 15.1 Å². The second kappa shape index (κ2) is 9.31. The summed E-state index contributed by atoms with van der Waals surface area (Å²) < 4.78 is 11.6. The van der Waals surface area contributed by atoms with E-state index in [0.717, 1.165) is 16.7 Å². The van der Waals surface area contributed by atoms with Crippen molar-refractivity contribution in [3.05, 3.63) is 108 Å². The van der Waals surface area contributed by atoms with Crippen LogP contribution in [0.3, 0.4) is 0 Å². The van der Waals surface area contributed by atoms with Crippen LogP contribution in [0.15, 0.2) is 91.0 Å². The number of ether oxygens (including phenoxy) is 2. The van der Waals surface area contributed by atoms with E-state index in [2.05, 4.69) is 41.7 Å². The first kappa shape index (κ1) is 19.1. The Morgan fingerprint density at radius 3 is 1.56 bits per heavy atom.